The average Bonchev–Trinajstić information content (AvgIpc) is 3.42. The first-order chi connectivity index (χ1) is 18.4. The molecule has 1 N–H and O–H groups in total. The van der Waals surface area contributed by atoms with Crippen molar-refractivity contribution in [2.75, 3.05) is 11.9 Å². The maximum atomic E-state index is 12.9. The molecule has 2 heterocycles. The predicted molar refractivity (Wildman–Crippen MR) is 145 cm³/mol. The third-order valence-corrected chi connectivity index (χ3v) is 6.82. The zero-order valence-corrected chi connectivity index (χ0v) is 21.9. The van der Waals surface area contributed by atoms with E-state index in [9.17, 15) is 9.59 Å². The molecule has 1 aliphatic heterocycles. The van der Waals surface area contributed by atoms with Gasteiger partial charge in [-0.25, -0.2) is 4.98 Å². The Morgan fingerprint density at radius 1 is 1.03 bits per heavy atom. The summed E-state index contributed by atoms with van der Waals surface area (Å²) in [7, 11) is 0. The number of hydrogen-bond donors (Lipinski definition) is 1. The Balaban J connectivity index is 1.32. The molecule has 7 heteroatoms. The van der Waals surface area contributed by atoms with Crippen molar-refractivity contribution in [1.29, 1.82) is 0 Å². The molecule has 2 amide bonds. The lowest BCUT2D eigenvalue weighted by atomic mass is 9.87. The van der Waals surface area contributed by atoms with Crippen molar-refractivity contribution < 1.29 is 18.7 Å². The van der Waals surface area contributed by atoms with Crippen LogP contribution in [0.3, 0.4) is 0 Å². The molecule has 3 aromatic carbocycles. The lowest BCUT2D eigenvalue weighted by Gasteiger charge is -2.38. The maximum absolute atomic E-state index is 12.9. The van der Waals surface area contributed by atoms with Gasteiger partial charge < -0.3 is 19.4 Å². The van der Waals surface area contributed by atoms with Crippen LogP contribution in [0, 0.1) is 13.8 Å². The number of rotatable bonds is 7. The third kappa shape index (κ3) is 5.47. The first kappa shape index (κ1) is 25.3. The number of hydrogen-bond acceptors (Lipinski definition) is 5. The minimum atomic E-state index is -0.348. The molecule has 0 spiro atoms. The summed E-state index contributed by atoms with van der Waals surface area (Å²) in [6.45, 7) is 6.70. The Morgan fingerprint density at radius 2 is 1.74 bits per heavy atom. The number of carbonyl (C=O) groups excluding carboxylic acids is 2. The molecule has 1 aliphatic rings. The van der Waals surface area contributed by atoms with Crippen molar-refractivity contribution in [2.24, 2.45) is 0 Å². The molecule has 0 bridgehead atoms. The third-order valence-electron chi connectivity index (χ3n) is 6.82. The Bertz CT molecular complexity index is 1440. The molecule has 1 aromatic heterocycles. The van der Waals surface area contributed by atoms with Gasteiger partial charge in [-0.2, -0.15) is 0 Å². The highest BCUT2D eigenvalue weighted by Crippen LogP contribution is 2.37. The SMILES string of the molecule is CCC(=O)N1CCc2ccc(OCc3nc(C(=O)Nc4ccc(C)cc4)co3)cc2C1c1ccc(C)cc1. The number of amides is 2. The van der Waals surface area contributed by atoms with E-state index in [1.165, 1.54) is 17.4 Å². The van der Waals surface area contributed by atoms with Crippen molar-refractivity contribution in [1.82, 2.24) is 9.88 Å². The van der Waals surface area contributed by atoms with Gasteiger partial charge in [0.05, 0.1) is 6.04 Å². The number of ether oxygens (including phenoxy) is 1. The molecular formula is C31H31N3O4. The summed E-state index contributed by atoms with van der Waals surface area (Å²) in [5, 5.41) is 2.81. The van der Waals surface area contributed by atoms with E-state index in [0.717, 1.165) is 23.1 Å². The number of oxazole rings is 1. The molecule has 4 aromatic rings. The highest BCUT2D eigenvalue weighted by Gasteiger charge is 2.31. The fourth-order valence-electron chi connectivity index (χ4n) is 4.72. The Hall–Kier alpha value is -4.39. The zero-order valence-electron chi connectivity index (χ0n) is 21.9. The number of benzene rings is 3. The van der Waals surface area contributed by atoms with Crippen LogP contribution in [0.15, 0.2) is 77.4 Å². The normalized spacial score (nSPS) is 14.6. The van der Waals surface area contributed by atoms with Gasteiger partial charge in [0, 0.05) is 18.7 Å². The van der Waals surface area contributed by atoms with Crippen molar-refractivity contribution in [2.45, 2.75) is 46.3 Å². The largest absolute Gasteiger partial charge is 0.484 e. The smallest absolute Gasteiger partial charge is 0.277 e. The van der Waals surface area contributed by atoms with Gasteiger partial charge in [-0.1, -0.05) is 60.5 Å². The minimum absolute atomic E-state index is 0.0728. The standard InChI is InChI=1S/C31H31N3O4/c1-4-29(35)34-16-15-22-11-14-25(17-26(22)30(34)23-9-5-20(2)6-10-23)37-19-28-33-27(18-38-28)31(36)32-24-12-7-21(3)8-13-24/h5-14,17-18,30H,4,15-16,19H2,1-3H3,(H,32,36). The van der Waals surface area contributed by atoms with Gasteiger partial charge in [0.15, 0.2) is 12.3 Å². The summed E-state index contributed by atoms with van der Waals surface area (Å²) in [6.07, 6.45) is 2.58. The molecule has 7 nitrogen and oxygen atoms in total. The monoisotopic (exact) mass is 509 g/mol. The lowest BCUT2D eigenvalue weighted by Crippen LogP contribution is -2.40. The quantitative estimate of drug-likeness (QED) is 0.330. The number of anilines is 1. The Kier molecular flexibility index (Phi) is 7.26. The fraction of sp³-hybridized carbons (Fsp3) is 0.258. The molecule has 0 aliphatic carbocycles. The van der Waals surface area contributed by atoms with Gasteiger partial charge in [0.1, 0.15) is 12.0 Å². The number of nitrogens with one attached hydrogen (secondary N) is 1. The van der Waals surface area contributed by atoms with Gasteiger partial charge in [-0.3, -0.25) is 9.59 Å². The van der Waals surface area contributed by atoms with E-state index >= 15 is 0 Å². The van der Waals surface area contributed by atoms with Gasteiger partial charge in [0.25, 0.3) is 5.91 Å². The van der Waals surface area contributed by atoms with Crippen LogP contribution in [0.2, 0.25) is 0 Å². The molecule has 1 atom stereocenters. The zero-order chi connectivity index (χ0) is 26.6. The molecule has 0 saturated heterocycles. The van der Waals surface area contributed by atoms with Gasteiger partial charge in [0.2, 0.25) is 11.8 Å². The first-order valence-corrected chi connectivity index (χ1v) is 12.9. The summed E-state index contributed by atoms with van der Waals surface area (Å²) in [4.78, 5) is 31.6. The molecule has 0 radical (unpaired) electrons. The average molecular weight is 510 g/mol. The van der Waals surface area contributed by atoms with Crippen molar-refractivity contribution >= 4 is 17.5 Å². The van der Waals surface area contributed by atoms with Crippen LogP contribution in [0.5, 0.6) is 5.75 Å². The lowest BCUT2D eigenvalue weighted by molar-refractivity contribution is -0.132. The van der Waals surface area contributed by atoms with Crippen LogP contribution < -0.4 is 10.1 Å². The van der Waals surface area contributed by atoms with Crippen LogP contribution in [0.1, 0.15) is 63.6 Å². The number of fused-ring (bicyclic) bond motifs is 1. The van der Waals surface area contributed by atoms with E-state index < -0.39 is 0 Å². The van der Waals surface area contributed by atoms with E-state index in [2.05, 4.69) is 47.6 Å². The Morgan fingerprint density at radius 3 is 2.45 bits per heavy atom. The van der Waals surface area contributed by atoms with Crippen molar-refractivity contribution in [3.05, 3.63) is 112 Å². The molecule has 38 heavy (non-hydrogen) atoms. The van der Waals surface area contributed by atoms with Crippen LogP contribution in [0.25, 0.3) is 0 Å². The predicted octanol–water partition coefficient (Wildman–Crippen LogP) is 6.01. The van der Waals surface area contributed by atoms with Gasteiger partial charge in [-0.05, 0) is 61.2 Å². The number of nitrogens with zero attached hydrogens (tertiary/aromatic N) is 2. The van der Waals surface area contributed by atoms with E-state index in [-0.39, 0.29) is 30.2 Å². The molecule has 0 saturated carbocycles. The minimum Gasteiger partial charge on any atom is -0.484 e. The summed E-state index contributed by atoms with van der Waals surface area (Å²) in [6, 6.07) is 21.7. The van der Waals surface area contributed by atoms with E-state index in [0.29, 0.717) is 30.3 Å². The van der Waals surface area contributed by atoms with Crippen LogP contribution in [0.4, 0.5) is 5.69 Å². The van der Waals surface area contributed by atoms with E-state index in [1.54, 1.807) is 0 Å². The summed E-state index contributed by atoms with van der Waals surface area (Å²) < 4.78 is 11.5. The van der Waals surface area contributed by atoms with Crippen LogP contribution >= 0.6 is 0 Å². The summed E-state index contributed by atoms with van der Waals surface area (Å²) >= 11 is 0. The molecular weight excluding hydrogens is 478 g/mol. The van der Waals surface area contributed by atoms with Gasteiger partial charge in [-0.15, -0.1) is 0 Å². The van der Waals surface area contributed by atoms with E-state index in [1.807, 2.05) is 55.1 Å². The second-order valence-corrected chi connectivity index (χ2v) is 9.60. The number of aryl methyl sites for hydroxylation is 2. The van der Waals surface area contributed by atoms with E-state index in [4.69, 9.17) is 9.15 Å². The molecule has 1 unspecified atom stereocenters. The van der Waals surface area contributed by atoms with Crippen molar-refractivity contribution in [3.63, 3.8) is 0 Å². The van der Waals surface area contributed by atoms with Crippen molar-refractivity contribution in [3.8, 4) is 5.75 Å². The number of aromatic nitrogens is 1. The number of carbonyl (C=O) groups is 2. The van der Waals surface area contributed by atoms with Gasteiger partial charge >= 0.3 is 0 Å². The topological polar surface area (TPSA) is 84.7 Å². The summed E-state index contributed by atoms with van der Waals surface area (Å²) in [5.41, 5.74) is 6.50. The molecule has 194 valence electrons. The fourth-order valence-corrected chi connectivity index (χ4v) is 4.72. The maximum Gasteiger partial charge on any atom is 0.277 e. The summed E-state index contributed by atoms with van der Waals surface area (Å²) in [5.74, 6) is 0.730. The second-order valence-electron chi connectivity index (χ2n) is 9.60. The molecule has 5 rings (SSSR count). The van der Waals surface area contributed by atoms with Crippen LogP contribution in [-0.4, -0.2) is 28.2 Å². The van der Waals surface area contributed by atoms with Crippen LogP contribution in [-0.2, 0) is 17.8 Å². The Labute approximate surface area is 222 Å². The first-order valence-electron chi connectivity index (χ1n) is 12.9. The second kappa shape index (κ2) is 10.9. The molecule has 0 fully saturated rings. The highest BCUT2D eigenvalue weighted by molar-refractivity contribution is 6.02. The highest BCUT2D eigenvalue weighted by atomic mass is 16.5.